The molecule has 1 amide bonds. The molecule has 1 aromatic heterocycles. The molecule has 2 aromatic carbocycles. The molecule has 8 heteroatoms. The van der Waals surface area contributed by atoms with Gasteiger partial charge in [0.2, 0.25) is 15.9 Å². The average molecular weight is 455 g/mol. The fourth-order valence-electron chi connectivity index (χ4n) is 4.19. The zero-order chi connectivity index (χ0) is 22.7. The largest absolute Gasteiger partial charge is 0.331 e. The highest BCUT2D eigenvalue weighted by Crippen LogP contribution is 2.25. The lowest BCUT2D eigenvalue weighted by Gasteiger charge is -2.25. The average Bonchev–Trinajstić information content (AvgIpc) is 3.13. The van der Waals surface area contributed by atoms with Crippen LogP contribution < -0.4 is 5.32 Å². The zero-order valence-corrected chi connectivity index (χ0v) is 19.5. The third kappa shape index (κ3) is 4.71. The lowest BCUT2D eigenvalue weighted by molar-refractivity contribution is -0.116. The van der Waals surface area contributed by atoms with Crippen molar-refractivity contribution in [3.05, 3.63) is 53.9 Å². The molecule has 1 N–H and O–H groups in total. The maximum atomic E-state index is 13.0. The van der Waals surface area contributed by atoms with Crippen molar-refractivity contribution in [1.29, 1.82) is 0 Å². The molecule has 0 atom stereocenters. The van der Waals surface area contributed by atoms with Crippen LogP contribution in [0.5, 0.6) is 0 Å². The molecule has 170 valence electrons. The molecule has 3 aromatic rings. The summed E-state index contributed by atoms with van der Waals surface area (Å²) in [4.78, 5) is 17.4. The third-order valence-corrected chi connectivity index (χ3v) is 7.99. The van der Waals surface area contributed by atoms with Crippen LogP contribution in [0.1, 0.15) is 44.0 Å². The Hall–Kier alpha value is -2.71. The van der Waals surface area contributed by atoms with E-state index in [0.29, 0.717) is 31.4 Å². The maximum absolute atomic E-state index is 13.0. The first-order valence-electron chi connectivity index (χ1n) is 11.2. The van der Waals surface area contributed by atoms with Crippen molar-refractivity contribution in [1.82, 2.24) is 13.9 Å². The second-order valence-corrected chi connectivity index (χ2v) is 10.2. The monoisotopic (exact) mass is 454 g/mol. The summed E-state index contributed by atoms with van der Waals surface area (Å²) in [5, 5.41) is 2.94. The molecule has 0 unspecified atom stereocenters. The number of benzene rings is 2. The van der Waals surface area contributed by atoms with Crippen molar-refractivity contribution in [3.63, 3.8) is 0 Å². The van der Waals surface area contributed by atoms with E-state index >= 15 is 0 Å². The van der Waals surface area contributed by atoms with Gasteiger partial charge in [0.25, 0.3) is 0 Å². The molecule has 0 bridgehead atoms. The van der Waals surface area contributed by atoms with E-state index in [1.807, 2.05) is 35.9 Å². The van der Waals surface area contributed by atoms with Crippen LogP contribution in [0.3, 0.4) is 0 Å². The van der Waals surface area contributed by atoms with Gasteiger partial charge in [-0.25, -0.2) is 13.4 Å². The van der Waals surface area contributed by atoms with Crippen LogP contribution >= 0.6 is 0 Å². The predicted octanol–water partition coefficient (Wildman–Crippen LogP) is 3.88. The third-order valence-electron chi connectivity index (χ3n) is 6.09. The van der Waals surface area contributed by atoms with Crippen LogP contribution in [-0.2, 0) is 34.7 Å². The number of hydrogen-bond donors (Lipinski definition) is 1. The minimum absolute atomic E-state index is 0.0707. The van der Waals surface area contributed by atoms with Crippen molar-refractivity contribution >= 4 is 32.7 Å². The Morgan fingerprint density at radius 3 is 2.62 bits per heavy atom. The van der Waals surface area contributed by atoms with Gasteiger partial charge in [-0.05, 0) is 55.2 Å². The molecule has 1 fully saturated rings. The van der Waals surface area contributed by atoms with Gasteiger partial charge in [-0.15, -0.1) is 0 Å². The van der Waals surface area contributed by atoms with Gasteiger partial charge in [-0.3, -0.25) is 4.79 Å². The highest BCUT2D eigenvalue weighted by molar-refractivity contribution is 7.89. The van der Waals surface area contributed by atoms with E-state index in [0.717, 1.165) is 42.7 Å². The standard InChI is InChI=1S/C24H30N4O3S/c1-3-18-8-7-9-19(16-18)25-24(29)13-12-23-26-21-17-20(10-11-22(21)27(23)2)32(30,31)28-14-5-4-6-15-28/h7-11,16-17H,3-6,12-15H2,1-2H3,(H,25,29). The van der Waals surface area contributed by atoms with Crippen molar-refractivity contribution in [2.24, 2.45) is 7.05 Å². The first kappa shape index (κ1) is 22.5. The molecule has 32 heavy (non-hydrogen) atoms. The smallest absolute Gasteiger partial charge is 0.243 e. The van der Waals surface area contributed by atoms with E-state index in [1.165, 1.54) is 5.56 Å². The molecule has 1 aliphatic heterocycles. The van der Waals surface area contributed by atoms with Crippen molar-refractivity contribution in [2.45, 2.75) is 50.3 Å². The first-order chi connectivity index (χ1) is 15.4. The Kier molecular flexibility index (Phi) is 6.62. The normalized spacial score (nSPS) is 15.2. The molecule has 0 saturated carbocycles. The molecule has 0 aliphatic carbocycles. The van der Waals surface area contributed by atoms with Crippen LogP contribution in [0.25, 0.3) is 11.0 Å². The van der Waals surface area contributed by atoms with Crippen molar-refractivity contribution in [3.8, 4) is 0 Å². The molecule has 0 radical (unpaired) electrons. The summed E-state index contributed by atoms with van der Waals surface area (Å²) in [6, 6.07) is 13.0. The topological polar surface area (TPSA) is 84.3 Å². The van der Waals surface area contributed by atoms with E-state index in [4.69, 9.17) is 0 Å². The SMILES string of the molecule is CCc1cccc(NC(=O)CCc2nc3cc(S(=O)(=O)N4CCCCC4)ccc3n2C)c1. The summed E-state index contributed by atoms with van der Waals surface area (Å²) >= 11 is 0. The molecular formula is C24H30N4O3S. The van der Waals surface area contributed by atoms with Crippen LogP contribution in [0.15, 0.2) is 47.4 Å². The second-order valence-electron chi connectivity index (χ2n) is 8.30. The molecule has 2 heterocycles. The van der Waals surface area contributed by atoms with Gasteiger partial charge < -0.3 is 9.88 Å². The minimum atomic E-state index is -3.50. The second kappa shape index (κ2) is 9.42. The Morgan fingerprint density at radius 2 is 1.88 bits per heavy atom. The molecule has 1 aliphatic rings. The highest BCUT2D eigenvalue weighted by Gasteiger charge is 2.26. The number of carbonyl (C=O) groups is 1. The molecule has 1 saturated heterocycles. The van der Waals surface area contributed by atoms with E-state index in [-0.39, 0.29) is 10.8 Å². The van der Waals surface area contributed by atoms with E-state index in [2.05, 4.69) is 17.2 Å². The van der Waals surface area contributed by atoms with Crippen LogP contribution in [0, 0.1) is 0 Å². The summed E-state index contributed by atoms with van der Waals surface area (Å²) in [5.74, 6) is 0.684. The van der Waals surface area contributed by atoms with Gasteiger partial charge in [0.1, 0.15) is 5.82 Å². The number of aryl methyl sites for hydroxylation is 3. The summed E-state index contributed by atoms with van der Waals surface area (Å²) in [6.07, 6.45) is 4.57. The summed E-state index contributed by atoms with van der Waals surface area (Å²) < 4.78 is 29.5. The van der Waals surface area contributed by atoms with Crippen LogP contribution in [0.4, 0.5) is 5.69 Å². The Bertz CT molecular complexity index is 1230. The lowest BCUT2D eigenvalue weighted by atomic mass is 10.1. The Morgan fingerprint density at radius 1 is 1.09 bits per heavy atom. The molecule has 7 nitrogen and oxygen atoms in total. The van der Waals surface area contributed by atoms with Gasteiger partial charge in [-0.2, -0.15) is 4.31 Å². The lowest BCUT2D eigenvalue weighted by Crippen LogP contribution is -2.35. The number of hydrogen-bond acceptors (Lipinski definition) is 4. The number of amides is 1. The van der Waals surface area contributed by atoms with Gasteiger partial charge in [0.05, 0.1) is 15.9 Å². The number of sulfonamides is 1. The van der Waals surface area contributed by atoms with Gasteiger partial charge in [0.15, 0.2) is 0 Å². The fourth-order valence-corrected chi connectivity index (χ4v) is 5.72. The van der Waals surface area contributed by atoms with Crippen LogP contribution in [-0.4, -0.2) is 41.3 Å². The highest BCUT2D eigenvalue weighted by atomic mass is 32.2. The Balaban J connectivity index is 1.47. The fraction of sp³-hybridized carbons (Fsp3) is 0.417. The van der Waals surface area contributed by atoms with Gasteiger partial charge in [-0.1, -0.05) is 25.5 Å². The summed E-state index contributed by atoms with van der Waals surface area (Å²) in [7, 11) is -1.61. The van der Waals surface area contributed by atoms with E-state index in [9.17, 15) is 13.2 Å². The van der Waals surface area contributed by atoms with Gasteiger partial charge in [0, 0.05) is 38.7 Å². The zero-order valence-electron chi connectivity index (χ0n) is 18.7. The number of rotatable bonds is 7. The predicted molar refractivity (Wildman–Crippen MR) is 126 cm³/mol. The molecular weight excluding hydrogens is 424 g/mol. The summed E-state index contributed by atoms with van der Waals surface area (Å²) in [5.41, 5.74) is 3.46. The van der Waals surface area contributed by atoms with Crippen molar-refractivity contribution < 1.29 is 13.2 Å². The number of anilines is 1. The number of carbonyl (C=O) groups excluding carboxylic acids is 1. The number of piperidine rings is 1. The molecule has 0 spiro atoms. The number of nitrogens with zero attached hydrogens (tertiary/aromatic N) is 3. The van der Waals surface area contributed by atoms with Crippen LogP contribution in [0.2, 0.25) is 0 Å². The number of aromatic nitrogens is 2. The van der Waals surface area contributed by atoms with Gasteiger partial charge >= 0.3 is 0 Å². The number of fused-ring (bicyclic) bond motifs is 1. The first-order valence-corrected chi connectivity index (χ1v) is 12.7. The Labute approximate surface area is 189 Å². The van der Waals surface area contributed by atoms with Crippen molar-refractivity contribution in [2.75, 3.05) is 18.4 Å². The van der Waals surface area contributed by atoms with E-state index < -0.39 is 10.0 Å². The maximum Gasteiger partial charge on any atom is 0.243 e. The van der Waals surface area contributed by atoms with E-state index in [1.54, 1.807) is 22.5 Å². The summed E-state index contributed by atoms with van der Waals surface area (Å²) in [6.45, 7) is 3.23. The minimum Gasteiger partial charge on any atom is -0.331 e. The molecule has 4 rings (SSSR count). The number of nitrogens with one attached hydrogen (secondary N) is 1. The quantitative estimate of drug-likeness (QED) is 0.587. The number of imidazole rings is 1.